The van der Waals surface area contributed by atoms with Crippen molar-refractivity contribution in [1.82, 2.24) is 0 Å². The predicted octanol–water partition coefficient (Wildman–Crippen LogP) is 6.19. The van der Waals surface area contributed by atoms with E-state index in [4.69, 9.17) is 0 Å². The van der Waals surface area contributed by atoms with Gasteiger partial charge in [0.2, 0.25) is 0 Å². The zero-order chi connectivity index (χ0) is 15.9. The van der Waals surface area contributed by atoms with Crippen LogP contribution in [0, 0.1) is 34.6 Å². The zero-order valence-corrected chi connectivity index (χ0v) is 14.8. The third kappa shape index (κ3) is 3.05. The number of hydrogen-bond donors (Lipinski definition) is 0. The van der Waals surface area contributed by atoms with Gasteiger partial charge in [-0.15, -0.1) is 0 Å². The first-order valence-corrected chi connectivity index (χ1v) is 7.81. The van der Waals surface area contributed by atoms with Gasteiger partial charge in [-0.3, -0.25) is 0 Å². The molecule has 0 nitrogen and oxygen atoms in total. The summed E-state index contributed by atoms with van der Waals surface area (Å²) in [4.78, 5) is 0. The van der Waals surface area contributed by atoms with Gasteiger partial charge in [0.15, 0.2) is 0 Å². The highest BCUT2D eigenvalue weighted by atomic mass is 14.2. The largest absolute Gasteiger partial charge is 0.0561 e. The smallest absolute Gasteiger partial charge is 0.0122 e. The summed E-state index contributed by atoms with van der Waals surface area (Å²) < 4.78 is 0. The second-order valence-electron chi connectivity index (χ2n) is 7.51. The van der Waals surface area contributed by atoms with Crippen LogP contribution in [0.15, 0.2) is 24.3 Å². The fraction of sp³-hybridized carbons (Fsp3) is 0.429. The van der Waals surface area contributed by atoms with Crippen LogP contribution in [-0.2, 0) is 5.41 Å². The molecular weight excluding hydrogens is 252 g/mol. The summed E-state index contributed by atoms with van der Waals surface area (Å²) in [6.45, 7) is 18.0. The van der Waals surface area contributed by atoms with Crippen LogP contribution in [0.25, 0.3) is 11.1 Å². The summed E-state index contributed by atoms with van der Waals surface area (Å²) in [5.41, 5.74) is 11.3. The molecule has 0 aromatic heterocycles. The van der Waals surface area contributed by atoms with Crippen LogP contribution in [0.3, 0.4) is 0 Å². The maximum absolute atomic E-state index is 2.38. The third-order valence-electron chi connectivity index (χ3n) is 4.33. The van der Waals surface area contributed by atoms with Crippen LogP contribution in [-0.4, -0.2) is 0 Å². The maximum atomic E-state index is 2.38. The van der Waals surface area contributed by atoms with E-state index in [9.17, 15) is 0 Å². The van der Waals surface area contributed by atoms with Crippen molar-refractivity contribution in [2.75, 3.05) is 0 Å². The minimum absolute atomic E-state index is 0.199. The summed E-state index contributed by atoms with van der Waals surface area (Å²) >= 11 is 0. The molecule has 0 N–H and O–H groups in total. The van der Waals surface area contributed by atoms with E-state index >= 15 is 0 Å². The molecule has 0 bridgehead atoms. The molecule has 21 heavy (non-hydrogen) atoms. The zero-order valence-electron chi connectivity index (χ0n) is 14.8. The van der Waals surface area contributed by atoms with E-state index in [0.29, 0.717) is 0 Å². The highest BCUT2D eigenvalue weighted by Gasteiger charge is 2.19. The third-order valence-corrected chi connectivity index (χ3v) is 4.33. The van der Waals surface area contributed by atoms with Crippen LogP contribution in [0.5, 0.6) is 0 Å². The average molecular weight is 280 g/mol. The number of rotatable bonds is 1. The Labute approximate surface area is 130 Å². The van der Waals surface area contributed by atoms with Gasteiger partial charge < -0.3 is 0 Å². The summed E-state index contributed by atoms with van der Waals surface area (Å²) in [7, 11) is 0. The molecule has 0 fully saturated rings. The van der Waals surface area contributed by atoms with E-state index in [1.165, 1.54) is 44.5 Å². The molecule has 0 saturated heterocycles. The molecular formula is C21H28. The van der Waals surface area contributed by atoms with Crippen LogP contribution in [0.4, 0.5) is 0 Å². The minimum atomic E-state index is 0.199. The van der Waals surface area contributed by atoms with Crippen molar-refractivity contribution in [2.45, 2.75) is 60.8 Å². The van der Waals surface area contributed by atoms with E-state index in [1.807, 2.05) is 0 Å². The maximum Gasteiger partial charge on any atom is -0.0122 e. The normalized spacial score (nSPS) is 11.8. The Morgan fingerprint density at radius 1 is 0.619 bits per heavy atom. The van der Waals surface area contributed by atoms with Gasteiger partial charge in [0.25, 0.3) is 0 Å². The van der Waals surface area contributed by atoms with E-state index in [2.05, 4.69) is 79.7 Å². The first kappa shape index (κ1) is 15.8. The summed E-state index contributed by atoms with van der Waals surface area (Å²) in [6.07, 6.45) is 0. The van der Waals surface area contributed by atoms with Gasteiger partial charge in [0.1, 0.15) is 0 Å². The van der Waals surface area contributed by atoms with Gasteiger partial charge in [-0.1, -0.05) is 50.6 Å². The molecule has 0 unspecified atom stereocenters. The SMILES string of the molecule is Cc1cc(C)c(-c2cc(C)c(C(C)(C)C)cc2C)c(C)c1. The van der Waals surface area contributed by atoms with Gasteiger partial charge in [-0.2, -0.15) is 0 Å². The van der Waals surface area contributed by atoms with E-state index in [-0.39, 0.29) is 5.41 Å². The van der Waals surface area contributed by atoms with Gasteiger partial charge >= 0.3 is 0 Å². The summed E-state index contributed by atoms with van der Waals surface area (Å²) in [6, 6.07) is 9.33. The Morgan fingerprint density at radius 2 is 1.14 bits per heavy atom. The number of benzene rings is 2. The molecule has 0 atom stereocenters. The van der Waals surface area contributed by atoms with Gasteiger partial charge in [-0.25, -0.2) is 0 Å². The van der Waals surface area contributed by atoms with Crippen LogP contribution < -0.4 is 0 Å². The van der Waals surface area contributed by atoms with Crippen LogP contribution >= 0.6 is 0 Å². The number of hydrogen-bond acceptors (Lipinski definition) is 0. The molecule has 2 aromatic rings. The van der Waals surface area contributed by atoms with Crippen LogP contribution in [0.2, 0.25) is 0 Å². The van der Waals surface area contributed by atoms with Crippen molar-refractivity contribution >= 4 is 0 Å². The molecule has 0 spiro atoms. The second kappa shape index (κ2) is 5.33. The molecule has 0 heteroatoms. The van der Waals surface area contributed by atoms with E-state index < -0.39 is 0 Å². The Balaban J connectivity index is 2.70. The molecule has 0 aliphatic carbocycles. The van der Waals surface area contributed by atoms with Crippen molar-refractivity contribution in [3.8, 4) is 11.1 Å². The van der Waals surface area contributed by atoms with E-state index in [0.717, 1.165) is 0 Å². The average Bonchev–Trinajstić information content (AvgIpc) is 2.30. The van der Waals surface area contributed by atoms with Gasteiger partial charge in [-0.05, 0) is 79.0 Å². The van der Waals surface area contributed by atoms with E-state index in [1.54, 1.807) is 0 Å². The van der Waals surface area contributed by atoms with Crippen molar-refractivity contribution in [2.24, 2.45) is 0 Å². The van der Waals surface area contributed by atoms with Crippen molar-refractivity contribution < 1.29 is 0 Å². The number of aryl methyl sites for hydroxylation is 5. The van der Waals surface area contributed by atoms with Crippen LogP contribution in [0.1, 0.15) is 54.2 Å². The minimum Gasteiger partial charge on any atom is -0.0561 e. The Morgan fingerprint density at radius 3 is 1.62 bits per heavy atom. The lowest BCUT2D eigenvalue weighted by atomic mass is 9.80. The first-order valence-electron chi connectivity index (χ1n) is 7.81. The monoisotopic (exact) mass is 280 g/mol. The lowest BCUT2D eigenvalue weighted by Gasteiger charge is -2.24. The molecule has 0 aliphatic rings. The van der Waals surface area contributed by atoms with Crippen molar-refractivity contribution in [1.29, 1.82) is 0 Å². The second-order valence-corrected chi connectivity index (χ2v) is 7.51. The molecule has 0 heterocycles. The summed E-state index contributed by atoms with van der Waals surface area (Å²) in [5, 5.41) is 0. The van der Waals surface area contributed by atoms with Crippen molar-refractivity contribution in [3.05, 3.63) is 57.6 Å². The predicted molar refractivity (Wildman–Crippen MR) is 94.3 cm³/mol. The molecule has 0 radical (unpaired) electrons. The molecule has 0 amide bonds. The highest BCUT2D eigenvalue weighted by Crippen LogP contribution is 2.35. The first-order chi connectivity index (χ1) is 9.61. The van der Waals surface area contributed by atoms with Crippen molar-refractivity contribution in [3.63, 3.8) is 0 Å². The lowest BCUT2D eigenvalue weighted by Crippen LogP contribution is -2.13. The molecule has 2 aromatic carbocycles. The lowest BCUT2D eigenvalue weighted by molar-refractivity contribution is 0.585. The molecule has 0 aliphatic heterocycles. The fourth-order valence-corrected chi connectivity index (χ4v) is 3.50. The Hall–Kier alpha value is -1.56. The molecule has 112 valence electrons. The van der Waals surface area contributed by atoms with Gasteiger partial charge in [0.05, 0.1) is 0 Å². The Kier molecular flexibility index (Phi) is 4.02. The Bertz CT molecular complexity index is 659. The van der Waals surface area contributed by atoms with Gasteiger partial charge in [0, 0.05) is 0 Å². The molecule has 2 rings (SSSR count). The topological polar surface area (TPSA) is 0 Å². The quantitative estimate of drug-likeness (QED) is 0.584. The fourth-order valence-electron chi connectivity index (χ4n) is 3.50. The molecule has 0 saturated carbocycles. The summed E-state index contributed by atoms with van der Waals surface area (Å²) in [5.74, 6) is 0. The standard InChI is InChI=1S/C21H28/c1-13-9-16(4)20(17(5)10-13)18-11-15(3)19(12-14(18)2)21(6,7)8/h9-12H,1-8H3. The highest BCUT2D eigenvalue weighted by molar-refractivity contribution is 5.75.